The summed E-state index contributed by atoms with van der Waals surface area (Å²) in [6.07, 6.45) is 0. The molecule has 28 heavy (non-hydrogen) atoms. The maximum atomic E-state index is 12.3. The minimum atomic E-state index is -0.573. The molecule has 0 saturated heterocycles. The summed E-state index contributed by atoms with van der Waals surface area (Å²) in [6.45, 7) is 14.4. The number of hydrogen-bond donors (Lipinski definition) is 0. The Morgan fingerprint density at radius 2 is 1.04 bits per heavy atom. The molecule has 0 saturated carbocycles. The summed E-state index contributed by atoms with van der Waals surface area (Å²) in [6, 6.07) is 6.45. The second kappa shape index (κ2) is 11.2. The molecule has 6 heteroatoms. The Morgan fingerprint density at radius 3 is 1.36 bits per heavy atom. The van der Waals surface area contributed by atoms with Crippen molar-refractivity contribution in [3.05, 3.63) is 35.4 Å². The molecule has 1 aromatic carbocycles. The van der Waals surface area contributed by atoms with Crippen molar-refractivity contribution in [3.63, 3.8) is 0 Å². The van der Waals surface area contributed by atoms with Crippen molar-refractivity contribution in [1.82, 2.24) is 0 Å². The third-order valence-electron chi connectivity index (χ3n) is 3.36. The lowest BCUT2D eigenvalue weighted by Crippen LogP contribution is -2.20. The molecule has 0 heterocycles. The normalized spacial score (nSPS) is 11.9. The minimum Gasteiger partial charge on any atom is -0.460 e. The molecule has 0 atom stereocenters. The Bertz CT molecular complexity index is 570. The summed E-state index contributed by atoms with van der Waals surface area (Å²) < 4.78 is 21.4. The summed E-state index contributed by atoms with van der Waals surface area (Å²) in [7, 11) is 0. The number of carbonyl (C=O) groups is 2. The van der Waals surface area contributed by atoms with Crippen LogP contribution in [0, 0.1) is 10.8 Å². The highest BCUT2D eigenvalue weighted by atomic mass is 16.6. The Labute approximate surface area is 168 Å². The lowest BCUT2D eigenvalue weighted by atomic mass is 9.99. The Hall–Kier alpha value is -1.92. The van der Waals surface area contributed by atoms with Crippen LogP contribution in [0.25, 0.3) is 0 Å². The largest absolute Gasteiger partial charge is 0.460 e. The summed E-state index contributed by atoms with van der Waals surface area (Å²) in [5.41, 5.74) is 0.464. The van der Waals surface area contributed by atoms with Crippen LogP contribution in [-0.2, 0) is 18.9 Å². The highest BCUT2D eigenvalue weighted by Crippen LogP contribution is 2.14. The fourth-order valence-corrected chi connectivity index (χ4v) is 2.14. The molecule has 0 bridgehead atoms. The number of ether oxygens (including phenoxy) is 4. The molecule has 1 rings (SSSR count). The van der Waals surface area contributed by atoms with Crippen molar-refractivity contribution < 1.29 is 28.5 Å². The highest BCUT2D eigenvalue weighted by molar-refractivity contribution is 6.03. The van der Waals surface area contributed by atoms with Crippen molar-refractivity contribution in [2.45, 2.75) is 41.5 Å². The number of rotatable bonds is 10. The quantitative estimate of drug-likeness (QED) is 0.439. The summed E-state index contributed by atoms with van der Waals surface area (Å²) in [4.78, 5) is 24.6. The van der Waals surface area contributed by atoms with Crippen LogP contribution in [0.4, 0.5) is 0 Å². The molecule has 0 fully saturated rings. The first-order valence-corrected chi connectivity index (χ1v) is 9.58. The van der Waals surface area contributed by atoms with E-state index in [0.29, 0.717) is 26.4 Å². The molecule has 158 valence electrons. The standard InChI is InChI=1S/C22H34O6/c1-21(2,3)15-25-11-13-27-19(23)17-9-7-8-10-18(17)20(24)28-14-12-26-16-22(4,5)6/h7-10H,11-16H2,1-6H3. The van der Waals surface area contributed by atoms with Gasteiger partial charge in [0.15, 0.2) is 0 Å². The van der Waals surface area contributed by atoms with Crippen LogP contribution in [0.3, 0.4) is 0 Å². The lowest BCUT2D eigenvalue weighted by Gasteiger charge is -2.18. The average molecular weight is 395 g/mol. The molecule has 1 aromatic rings. The van der Waals surface area contributed by atoms with E-state index in [9.17, 15) is 9.59 Å². The van der Waals surface area contributed by atoms with Gasteiger partial charge in [0.25, 0.3) is 0 Å². The van der Waals surface area contributed by atoms with E-state index in [1.807, 2.05) is 0 Å². The van der Waals surface area contributed by atoms with Crippen LogP contribution in [0.1, 0.15) is 62.3 Å². The van der Waals surface area contributed by atoms with Gasteiger partial charge in [-0.15, -0.1) is 0 Å². The third-order valence-corrected chi connectivity index (χ3v) is 3.36. The monoisotopic (exact) mass is 394 g/mol. The van der Waals surface area contributed by atoms with E-state index in [1.165, 1.54) is 0 Å². The molecular formula is C22H34O6. The van der Waals surface area contributed by atoms with Crippen LogP contribution in [-0.4, -0.2) is 51.6 Å². The van der Waals surface area contributed by atoms with Crippen LogP contribution in [0.2, 0.25) is 0 Å². The summed E-state index contributed by atoms with van der Waals surface area (Å²) >= 11 is 0. The Morgan fingerprint density at radius 1 is 0.679 bits per heavy atom. The van der Waals surface area contributed by atoms with E-state index in [-0.39, 0.29) is 35.2 Å². The van der Waals surface area contributed by atoms with Gasteiger partial charge in [-0.05, 0) is 23.0 Å². The van der Waals surface area contributed by atoms with Crippen LogP contribution < -0.4 is 0 Å². The van der Waals surface area contributed by atoms with Gasteiger partial charge in [-0.1, -0.05) is 53.7 Å². The number of benzene rings is 1. The second-order valence-electron chi connectivity index (χ2n) is 9.04. The predicted molar refractivity (Wildman–Crippen MR) is 108 cm³/mol. The van der Waals surface area contributed by atoms with E-state index < -0.39 is 11.9 Å². The molecule has 0 spiro atoms. The molecule has 0 radical (unpaired) electrons. The second-order valence-corrected chi connectivity index (χ2v) is 9.04. The van der Waals surface area contributed by atoms with Gasteiger partial charge in [0, 0.05) is 0 Å². The van der Waals surface area contributed by atoms with Crippen molar-refractivity contribution >= 4 is 11.9 Å². The molecule has 0 aliphatic heterocycles. The van der Waals surface area contributed by atoms with Crippen molar-refractivity contribution in [2.24, 2.45) is 10.8 Å². The lowest BCUT2D eigenvalue weighted by molar-refractivity contribution is 0.0151. The number of esters is 2. The van der Waals surface area contributed by atoms with Gasteiger partial charge in [0.1, 0.15) is 13.2 Å². The number of hydrogen-bond acceptors (Lipinski definition) is 6. The van der Waals surface area contributed by atoms with Crippen LogP contribution in [0.15, 0.2) is 24.3 Å². The molecular weight excluding hydrogens is 360 g/mol. The first kappa shape index (κ1) is 24.1. The molecule has 6 nitrogen and oxygen atoms in total. The van der Waals surface area contributed by atoms with Gasteiger partial charge in [0.2, 0.25) is 0 Å². The predicted octanol–water partition coefficient (Wildman–Crippen LogP) is 4.13. The maximum absolute atomic E-state index is 12.3. The first-order valence-electron chi connectivity index (χ1n) is 9.58. The zero-order chi connectivity index (χ0) is 21.2. The van der Waals surface area contributed by atoms with E-state index in [4.69, 9.17) is 18.9 Å². The summed E-state index contributed by atoms with van der Waals surface area (Å²) in [5.74, 6) is -1.15. The van der Waals surface area contributed by atoms with Gasteiger partial charge in [-0.2, -0.15) is 0 Å². The fraction of sp³-hybridized carbons (Fsp3) is 0.636. The van der Waals surface area contributed by atoms with E-state index in [2.05, 4.69) is 41.5 Å². The van der Waals surface area contributed by atoms with Crippen molar-refractivity contribution in [1.29, 1.82) is 0 Å². The Balaban J connectivity index is 2.47. The smallest absolute Gasteiger partial charge is 0.339 e. The summed E-state index contributed by atoms with van der Waals surface area (Å²) in [5, 5.41) is 0. The van der Waals surface area contributed by atoms with E-state index >= 15 is 0 Å². The molecule has 0 aliphatic rings. The Kier molecular flexibility index (Phi) is 9.62. The SMILES string of the molecule is CC(C)(C)COCCOC(=O)c1ccccc1C(=O)OCCOCC(C)(C)C. The first-order chi connectivity index (χ1) is 13.0. The van der Waals surface area contributed by atoms with Crippen LogP contribution in [0.5, 0.6) is 0 Å². The minimum absolute atomic E-state index is 0.0525. The van der Waals surface area contributed by atoms with Gasteiger partial charge < -0.3 is 18.9 Å². The molecule has 0 aliphatic carbocycles. The molecule has 0 amide bonds. The van der Waals surface area contributed by atoms with Gasteiger partial charge in [-0.25, -0.2) is 9.59 Å². The molecule has 0 unspecified atom stereocenters. The van der Waals surface area contributed by atoms with Crippen molar-refractivity contribution in [3.8, 4) is 0 Å². The average Bonchev–Trinajstić information content (AvgIpc) is 2.58. The fourth-order valence-electron chi connectivity index (χ4n) is 2.14. The zero-order valence-electron chi connectivity index (χ0n) is 18.0. The van der Waals surface area contributed by atoms with Gasteiger partial charge in [-0.3, -0.25) is 0 Å². The van der Waals surface area contributed by atoms with Gasteiger partial charge in [0.05, 0.1) is 37.6 Å². The topological polar surface area (TPSA) is 71.1 Å². The van der Waals surface area contributed by atoms with Crippen LogP contribution >= 0.6 is 0 Å². The molecule has 0 aromatic heterocycles. The highest BCUT2D eigenvalue weighted by Gasteiger charge is 2.19. The van der Waals surface area contributed by atoms with Crippen molar-refractivity contribution in [2.75, 3.05) is 39.6 Å². The zero-order valence-corrected chi connectivity index (χ0v) is 18.0. The van der Waals surface area contributed by atoms with E-state index in [0.717, 1.165) is 0 Å². The van der Waals surface area contributed by atoms with E-state index in [1.54, 1.807) is 24.3 Å². The maximum Gasteiger partial charge on any atom is 0.339 e. The third kappa shape index (κ3) is 10.4. The number of carbonyl (C=O) groups excluding carboxylic acids is 2. The molecule has 0 N–H and O–H groups in total. The van der Waals surface area contributed by atoms with Gasteiger partial charge >= 0.3 is 11.9 Å².